The number of pyridine rings is 2. The molecule has 0 spiro atoms. The van der Waals surface area contributed by atoms with Crippen LogP contribution in [0.25, 0.3) is 0 Å². The molecule has 1 aromatic carbocycles. The average Bonchev–Trinajstić information content (AvgIpc) is 2.75. The molecular weight excluding hydrogens is 394 g/mol. The van der Waals surface area contributed by atoms with Crippen molar-refractivity contribution >= 4 is 11.7 Å². The molecular formula is C24H27N3O4. The third kappa shape index (κ3) is 4.94. The normalized spacial score (nSPS) is 10.6. The summed E-state index contributed by atoms with van der Waals surface area (Å²) in [6.07, 6.45) is 4.00. The number of benzene rings is 1. The second kappa shape index (κ2) is 9.47. The number of hydrogen-bond donors (Lipinski definition) is 1. The molecule has 162 valence electrons. The number of aryl methyl sites for hydroxylation is 5. The molecule has 31 heavy (non-hydrogen) atoms. The molecule has 1 N–H and O–H groups in total. The van der Waals surface area contributed by atoms with Crippen LogP contribution in [0.2, 0.25) is 0 Å². The topological polar surface area (TPSA) is 82.5 Å². The number of carbonyl (C=O) groups excluding carboxylic acids is 1. The van der Waals surface area contributed by atoms with E-state index in [9.17, 15) is 9.59 Å². The Morgan fingerprint density at radius 3 is 2.45 bits per heavy atom. The van der Waals surface area contributed by atoms with Crippen molar-refractivity contribution in [3.8, 4) is 11.5 Å². The minimum atomic E-state index is -0.456. The molecule has 2 aromatic heterocycles. The van der Waals surface area contributed by atoms with E-state index in [-0.39, 0.29) is 11.1 Å². The molecule has 0 aliphatic heterocycles. The first-order valence-corrected chi connectivity index (χ1v) is 9.99. The van der Waals surface area contributed by atoms with E-state index in [4.69, 9.17) is 9.47 Å². The van der Waals surface area contributed by atoms with Crippen LogP contribution in [-0.2, 0) is 13.0 Å². The minimum Gasteiger partial charge on any atom is -0.493 e. The molecule has 0 radical (unpaired) electrons. The Labute approximate surface area is 181 Å². The number of anilines is 1. The summed E-state index contributed by atoms with van der Waals surface area (Å²) in [5, 5.41) is 2.77. The summed E-state index contributed by atoms with van der Waals surface area (Å²) in [7, 11) is 3.17. The van der Waals surface area contributed by atoms with Crippen LogP contribution < -0.4 is 20.3 Å². The number of hydrogen-bond acceptors (Lipinski definition) is 5. The molecule has 7 nitrogen and oxygen atoms in total. The Hall–Kier alpha value is -3.61. The monoisotopic (exact) mass is 421 g/mol. The Morgan fingerprint density at radius 2 is 1.77 bits per heavy atom. The van der Waals surface area contributed by atoms with Crippen LogP contribution in [0.15, 0.2) is 47.5 Å². The predicted molar refractivity (Wildman–Crippen MR) is 120 cm³/mol. The number of carbonyl (C=O) groups is 1. The van der Waals surface area contributed by atoms with E-state index in [1.807, 2.05) is 38.1 Å². The molecule has 0 unspecified atom stereocenters. The van der Waals surface area contributed by atoms with Crippen LogP contribution in [0.4, 0.5) is 5.82 Å². The molecule has 0 atom stereocenters. The summed E-state index contributed by atoms with van der Waals surface area (Å²) in [6.45, 7) is 5.99. The lowest BCUT2D eigenvalue weighted by Crippen LogP contribution is -2.31. The smallest absolute Gasteiger partial charge is 0.263 e. The van der Waals surface area contributed by atoms with Gasteiger partial charge in [-0.25, -0.2) is 4.98 Å². The fraction of sp³-hybridized carbons (Fsp3) is 0.292. The fourth-order valence-electron chi connectivity index (χ4n) is 3.42. The van der Waals surface area contributed by atoms with Crippen LogP contribution in [-0.4, -0.2) is 29.7 Å². The molecule has 0 saturated carbocycles. The van der Waals surface area contributed by atoms with Crippen molar-refractivity contribution in [3.05, 3.63) is 80.9 Å². The average molecular weight is 421 g/mol. The van der Waals surface area contributed by atoms with E-state index < -0.39 is 5.91 Å². The van der Waals surface area contributed by atoms with Crippen LogP contribution in [0.1, 0.15) is 32.6 Å². The predicted octanol–water partition coefficient (Wildman–Crippen LogP) is 3.68. The van der Waals surface area contributed by atoms with E-state index in [1.54, 1.807) is 44.2 Å². The quantitative estimate of drug-likeness (QED) is 0.629. The lowest BCUT2D eigenvalue weighted by atomic mass is 10.1. The van der Waals surface area contributed by atoms with E-state index >= 15 is 0 Å². The number of methoxy groups -OCH3 is 2. The maximum atomic E-state index is 13.0. The number of nitrogens with one attached hydrogen (secondary N) is 1. The van der Waals surface area contributed by atoms with Gasteiger partial charge in [0.1, 0.15) is 11.4 Å². The largest absolute Gasteiger partial charge is 0.493 e. The SMILES string of the molecule is COc1ccc(CCn2ccc(C)c(C(=O)Nc3ncc(C)cc3C)c2=O)cc1OC. The third-order valence-electron chi connectivity index (χ3n) is 5.14. The molecule has 0 aliphatic rings. The highest BCUT2D eigenvalue weighted by atomic mass is 16.5. The first-order chi connectivity index (χ1) is 14.8. The highest BCUT2D eigenvalue weighted by Gasteiger charge is 2.17. The Kier molecular flexibility index (Phi) is 6.74. The van der Waals surface area contributed by atoms with Gasteiger partial charge in [0.05, 0.1) is 14.2 Å². The van der Waals surface area contributed by atoms with Crippen LogP contribution in [0.3, 0.4) is 0 Å². The summed E-state index contributed by atoms with van der Waals surface area (Å²) in [5.74, 6) is 1.28. The summed E-state index contributed by atoms with van der Waals surface area (Å²) in [4.78, 5) is 30.2. The molecule has 7 heteroatoms. The zero-order chi connectivity index (χ0) is 22.5. The number of amides is 1. The lowest BCUT2D eigenvalue weighted by Gasteiger charge is -2.13. The van der Waals surface area contributed by atoms with E-state index in [1.165, 1.54) is 0 Å². The van der Waals surface area contributed by atoms with Gasteiger partial charge in [0.25, 0.3) is 11.5 Å². The van der Waals surface area contributed by atoms with Crippen LogP contribution >= 0.6 is 0 Å². The maximum Gasteiger partial charge on any atom is 0.263 e. The zero-order valence-electron chi connectivity index (χ0n) is 18.5. The Morgan fingerprint density at radius 1 is 1.03 bits per heavy atom. The van der Waals surface area contributed by atoms with Gasteiger partial charge in [0.2, 0.25) is 0 Å². The van der Waals surface area contributed by atoms with Crippen molar-refractivity contribution in [1.29, 1.82) is 0 Å². The van der Waals surface area contributed by atoms with Crippen molar-refractivity contribution in [2.45, 2.75) is 33.7 Å². The molecule has 0 fully saturated rings. The van der Waals surface area contributed by atoms with Gasteiger partial charge in [-0.3, -0.25) is 9.59 Å². The van der Waals surface area contributed by atoms with E-state index in [0.29, 0.717) is 35.8 Å². The zero-order valence-corrected chi connectivity index (χ0v) is 18.5. The molecule has 2 heterocycles. The van der Waals surface area contributed by atoms with Crippen molar-refractivity contribution in [2.75, 3.05) is 19.5 Å². The van der Waals surface area contributed by atoms with E-state index in [2.05, 4.69) is 10.3 Å². The standard InChI is InChI=1S/C24H27N3O4/c1-15-12-17(3)22(25-14-15)26-23(28)21-16(2)8-10-27(24(21)29)11-9-18-6-7-19(30-4)20(13-18)31-5/h6-8,10,12-14H,9,11H2,1-5H3,(H,25,26,28). The Balaban J connectivity index is 1.82. The second-order valence-electron chi connectivity index (χ2n) is 7.44. The lowest BCUT2D eigenvalue weighted by molar-refractivity contribution is 0.102. The van der Waals surface area contributed by atoms with Gasteiger partial charge in [-0.2, -0.15) is 0 Å². The van der Waals surface area contributed by atoms with Gasteiger partial charge in [-0.15, -0.1) is 0 Å². The number of ether oxygens (including phenoxy) is 2. The van der Waals surface area contributed by atoms with Crippen molar-refractivity contribution in [3.63, 3.8) is 0 Å². The van der Waals surface area contributed by atoms with Gasteiger partial charge in [0, 0.05) is 18.9 Å². The van der Waals surface area contributed by atoms with Gasteiger partial charge >= 0.3 is 0 Å². The molecule has 1 amide bonds. The van der Waals surface area contributed by atoms with Gasteiger partial charge in [-0.1, -0.05) is 12.1 Å². The molecule has 3 rings (SSSR count). The molecule has 0 bridgehead atoms. The number of aromatic nitrogens is 2. The van der Waals surface area contributed by atoms with Crippen molar-refractivity contribution in [2.24, 2.45) is 0 Å². The third-order valence-corrected chi connectivity index (χ3v) is 5.14. The van der Waals surface area contributed by atoms with Gasteiger partial charge in [0.15, 0.2) is 11.5 Å². The summed E-state index contributed by atoms with van der Waals surface area (Å²) >= 11 is 0. The van der Waals surface area contributed by atoms with Crippen molar-refractivity contribution in [1.82, 2.24) is 9.55 Å². The number of rotatable bonds is 7. The van der Waals surface area contributed by atoms with Crippen LogP contribution in [0, 0.1) is 20.8 Å². The van der Waals surface area contributed by atoms with E-state index in [0.717, 1.165) is 16.7 Å². The summed E-state index contributed by atoms with van der Waals surface area (Å²) in [6, 6.07) is 9.36. The second-order valence-corrected chi connectivity index (χ2v) is 7.44. The minimum absolute atomic E-state index is 0.122. The first-order valence-electron chi connectivity index (χ1n) is 9.99. The highest BCUT2D eigenvalue weighted by molar-refractivity contribution is 6.04. The fourth-order valence-corrected chi connectivity index (χ4v) is 3.42. The summed E-state index contributed by atoms with van der Waals surface area (Å²) < 4.78 is 12.2. The number of nitrogens with zero attached hydrogens (tertiary/aromatic N) is 2. The first kappa shape index (κ1) is 22.1. The Bertz CT molecular complexity index is 1170. The van der Waals surface area contributed by atoms with Crippen LogP contribution in [0.5, 0.6) is 11.5 Å². The van der Waals surface area contributed by atoms with Gasteiger partial charge < -0.3 is 19.4 Å². The molecule has 3 aromatic rings. The highest BCUT2D eigenvalue weighted by Crippen LogP contribution is 2.27. The van der Waals surface area contributed by atoms with Gasteiger partial charge in [-0.05, 0) is 67.6 Å². The molecule has 0 aliphatic carbocycles. The van der Waals surface area contributed by atoms with Crippen molar-refractivity contribution < 1.29 is 14.3 Å². The maximum absolute atomic E-state index is 13.0. The molecule has 0 saturated heterocycles. The summed E-state index contributed by atoms with van der Waals surface area (Å²) in [5.41, 5.74) is 3.25.